The summed E-state index contributed by atoms with van der Waals surface area (Å²) < 4.78 is 7.47. The summed E-state index contributed by atoms with van der Waals surface area (Å²) in [5, 5.41) is 5.12. The fourth-order valence-electron chi connectivity index (χ4n) is 7.67. The highest BCUT2D eigenvalue weighted by molar-refractivity contribution is 6.28. The Kier molecular flexibility index (Phi) is 5.02. The second kappa shape index (κ2) is 9.25. The van der Waals surface area contributed by atoms with Crippen molar-refractivity contribution < 1.29 is 0 Å². The van der Waals surface area contributed by atoms with Crippen LogP contribution in [0.5, 0.6) is 0 Å². The Morgan fingerprint density at radius 2 is 1.44 bits per heavy atom. The summed E-state index contributed by atoms with van der Waals surface area (Å²) in [4.78, 5) is 4.38. The number of benzene rings is 5. The van der Waals surface area contributed by atoms with Gasteiger partial charge in [-0.25, -0.2) is 0 Å². The van der Waals surface area contributed by atoms with Gasteiger partial charge in [0.25, 0.3) is 0 Å². The minimum absolute atomic E-state index is 0.0383. The summed E-state index contributed by atoms with van der Waals surface area (Å²) in [6, 6.07) is 44.0. The third-order valence-corrected chi connectivity index (χ3v) is 9.46. The van der Waals surface area contributed by atoms with E-state index in [0.717, 1.165) is 16.8 Å². The highest BCUT2D eigenvalue weighted by Gasteiger charge is 2.38. The lowest BCUT2D eigenvalue weighted by Gasteiger charge is -2.25. The average molecular weight is 576 g/mol. The van der Waals surface area contributed by atoms with E-state index in [2.05, 4.69) is 158 Å². The standard InChI is InChI=1S/C41H27N4/c1-2-13-29(14-3-1)43-34-18-5-4-16-33(34)39-37(43)23-22-32-31-17-9-21-38-40(31)45(41(32)39)36-20-7-6-19-35(36)44(38)30-15-8-11-27(25-30)28-12-10-24-42-26-28/h1-26,36H/q+1. The zero-order valence-corrected chi connectivity index (χ0v) is 24.4. The molecule has 2 aliphatic rings. The van der Waals surface area contributed by atoms with Crippen molar-refractivity contribution in [2.45, 2.75) is 6.04 Å². The van der Waals surface area contributed by atoms with Crippen molar-refractivity contribution in [3.8, 4) is 16.8 Å². The fraction of sp³-hybridized carbons (Fsp3) is 0.0244. The monoisotopic (exact) mass is 575 g/mol. The molecule has 45 heavy (non-hydrogen) atoms. The van der Waals surface area contributed by atoms with Crippen LogP contribution in [0.1, 0.15) is 6.04 Å². The zero-order chi connectivity index (χ0) is 29.5. The number of pyridine rings is 1. The molecule has 0 spiro atoms. The maximum atomic E-state index is 4.38. The van der Waals surface area contributed by atoms with Gasteiger partial charge in [0.2, 0.25) is 17.1 Å². The van der Waals surface area contributed by atoms with Gasteiger partial charge in [0.15, 0.2) is 0 Å². The first-order valence-corrected chi connectivity index (χ1v) is 15.4. The maximum Gasteiger partial charge on any atom is 0.235 e. The van der Waals surface area contributed by atoms with Crippen LogP contribution in [0.2, 0.25) is 0 Å². The van der Waals surface area contributed by atoms with Crippen LogP contribution in [0, 0.1) is 0 Å². The summed E-state index contributed by atoms with van der Waals surface area (Å²) in [5.41, 5.74) is 12.0. The van der Waals surface area contributed by atoms with Gasteiger partial charge in [-0.3, -0.25) is 4.98 Å². The van der Waals surface area contributed by atoms with Gasteiger partial charge in [-0.15, -0.1) is 0 Å². The van der Waals surface area contributed by atoms with Gasteiger partial charge >= 0.3 is 0 Å². The van der Waals surface area contributed by atoms with Gasteiger partial charge in [0, 0.05) is 69.5 Å². The van der Waals surface area contributed by atoms with Gasteiger partial charge in [-0.2, -0.15) is 4.58 Å². The fourth-order valence-corrected chi connectivity index (χ4v) is 7.67. The Labute approximate surface area is 259 Å². The molecule has 210 valence electrons. The van der Waals surface area contributed by atoms with E-state index in [1.165, 1.54) is 60.7 Å². The predicted molar refractivity (Wildman–Crippen MR) is 187 cm³/mol. The van der Waals surface area contributed by atoms with Crippen LogP contribution in [0.3, 0.4) is 0 Å². The van der Waals surface area contributed by atoms with Crippen LogP contribution in [-0.2, 0) is 0 Å². The molecule has 8 aromatic rings. The van der Waals surface area contributed by atoms with Gasteiger partial charge in [0.1, 0.15) is 11.6 Å². The highest BCUT2D eigenvalue weighted by atomic mass is 15.2. The number of para-hydroxylation sites is 3. The molecule has 4 heterocycles. The molecular weight excluding hydrogens is 548 g/mol. The van der Waals surface area contributed by atoms with E-state index in [1.807, 2.05) is 18.5 Å². The van der Waals surface area contributed by atoms with Crippen LogP contribution < -0.4 is 4.58 Å². The van der Waals surface area contributed by atoms with Crippen LogP contribution in [-0.4, -0.2) is 19.8 Å². The molecule has 5 aromatic carbocycles. The van der Waals surface area contributed by atoms with Crippen LogP contribution >= 0.6 is 0 Å². The largest absolute Gasteiger partial charge is 0.317 e. The molecule has 0 saturated carbocycles. The molecular formula is C41H27N4+. The lowest BCUT2D eigenvalue weighted by atomic mass is 10.0. The molecule has 4 nitrogen and oxygen atoms in total. The van der Waals surface area contributed by atoms with Crippen LogP contribution in [0.25, 0.3) is 60.4 Å². The first-order valence-electron chi connectivity index (χ1n) is 15.4. The topological polar surface area (TPSA) is 25.8 Å². The zero-order valence-electron chi connectivity index (χ0n) is 24.4. The Bertz CT molecular complexity index is 2580. The molecule has 1 unspecified atom stereocenters. The van der Waals surface area contributed by atoms with E-state index in [9.17, 15) is 0 Å². The predicted octanol–water partition coefficient (Wildman–Crippen LogP) is 9.91. The van der Waals surface area contributed by atoms with Gasteiger partial charge in [-0.1, -0.05) is 91.0 Å². The van der Waals surface area contributed by atoms with E-state index in [4.69, 9.17) is 0 Å². The number of allylic oxidation sites excluding steroid dienone is 4. The molecule has 4 heteroatoms. The molecule has 0 saturated heterocycles. The molecule has 10 rings (SSSR count). The second-order valence-corrected chi connectivity index (χ2v) is 11.8. The molecule has 0 fully saturated rings. The van der Waals surface area contributed by atoms with Gasteiger partial charge < -0.3 is 9.13 Å². The summed E-state index contributed by atoms with van der Waals surface area (Å²) in [6.45, 7) is 0. The molecule has 0 amide bonds. The van der Waals surface area contributed by atoms with E-state index in [1.54, 1.807) is 0 Å². The van der Waals surface area contributed by atoms with E-state index in [0.29, 0.717) is 0 Å². The van der Waals surface area contributed by atoms with Crippen LogP contribution in [0.15, 0.2) is 158 Å². The molecule has 1 aliphatic heterocycles. The van der Waals surface area contributed by atoms with Crippen LogP contribution in [0.4, 0.5) is 11.4 Å². The lowest BCUT2D eigenvalue weighted by molar-refractivity contribution is 0.783. The minimum atomic E-state index is 0.0383. The first kappa shape index (κ1) is 24.4. The van der Waals surface area contributed by atoms with E-state index < -0.39 is 0 Å². The Balaban J connectivity index is 1.33. The van der Waals surface area contributed by atoms with Crippen molar-refractivity contribution in [3.63, 3.8) is 0 Å². The molecule has 0 N–H and O–H groups in total. The first-order chi connectivity index (χ1) is 22.4. The van der Waals surface area contributed by atoms with Crippen molar-refractivity contribution in [2.75, 3.05) is 0 Å². The van der Waals surface area contributed by atoms with E-state index >= 15 is 0 Å². The van der Waals surface area contributed by atoms with Gasteiger partial charge in [0.05, 0.1) is 16.6 Å². The van der Waals surface area contributed by atoms with Crippen molar-refractivity contribution >= 4 is 60.7 Å². The Morgan fingerprint density at radius 1 is 0.622 bits per heavy atom. The normalized spacial score (nSPS) is 15.5. The van der Waals surface area contributed by atoms with Gasteiger partial charge in [-0.05, 0) is 35.9 Å². The lowest BCUT2D eigenvalue weighted by Crippen LogP contribution is -2.30. The Morgan fingerprint density at radius 3 is 2.36 bits per heavy atom. The summed E-state index contributed by atoms with van der Waals surface area (Å²) in [5.74, 6) is 0. The number of hydrogen-bond acceptors (Lipinski definition) is 1. The number of rotatable bonds is 3. The number of fused-ring (bicyclic) bond motifs is 9. The molecule has 0 bridgehead atoms. The average Bonchev–Trinajstić information content (AvgIpc) is 3.63. The number of hydrogen-bond donors (Lipinski definition) is 0. The quantitative estimate of drug-likeness (QED) is 0.193. The second-order valence-electron chi connectivity index (χ2n) is 11.8. The SMILES string of the molecule is C1=CC2=[N+](c3cccc(-c4cccnc4)c3)c3cccc4c5ccc6c(c7ccccc7n6-c6ccccc6)c5n(c34)C2C=C1. The maximum absolute atomic E-state index is 4.38. The Hall–Kier alpha value is -6.00. The third-order valence-electron chi connectivity index (χ3n) is 9.46. The van der Waals surface area contributed by atoms with E-state index in [-0.39, 0.29) is 6.04 Å². The molecule has 1 aliphatic carbocycles. The van der Waals surface area contributed by atoms with Crippen molar-refractivity contribution in [3.05, 3.63) is 158 Å². The molecule has 0 radical (unpaired) electrons. The molecule has 1 atom stereocenters. The number of nitrogens with zero attached hydrogens (tertiary/aromatic N) is 4. The highest BCUT2D eigenvalue weighted by Crippen LogP contribution is 2.47. The van der Waals surface area contributed by atoms with Crippen molar-refractivity contribution in [1.29, 1.82) is 0 Å². The number of aromatic nitrogens is 3. The smallest absolute Gasteiger partial charge is 0.235 e. The van der Waals surface area contributed by atoms with Crippen molar-refractivity contribution in [1.82, 2.24) is 18.7 Å². The summed E-state index contributed by atoms with van der Waals surface area (Å²) in [7, 11) is 0. The minimum Gasteiger partial charge on any atom is -0.317 e. The summed E-state index contributed by atoms with van der Waals surface area (Å²) in [6.07, 6.45) is 12.7. The summed E-state index contributed by atoms with van der Waals surface area (Å²) >= 11 is 0. The molecule has 3 aromatic heterocycles. The van der Waals surface area contributed by atoms with Crippen molar-refractivity contribution in [2.24, 2.45) is 0 Å². The third kappa shape index (κ3) is 3.36.